The second-order valence-corrected chi connectivity index (χ2v) is 10.9. The molecule has 1 fully saturated rings. The summed E-state index contributed by atoms with van der Waals surface area (Å²) in [6.07, 6.45) is 4.37. The van der Waals surface area contributed by atoms with Crippen LogP contribution >= 0.6 is 11.3 Å². The molecule has 0 unspecified atom stereocenters. The van der Waals surface area contributed by atoms with Gasteiger partial charge in [0, 0.05) is 18.7 Å². The van der Waals surface area contributed by atoms with Crippen LogP contribution in [0.2, 0.25) is 0 Å². The summed E-state index contributed by atoms with van der Waals surface area (Å²) >= 11 is 1.43. The van der Waals surface area contributed by atoms with E-state index < -0.39 is 10.0 Å². The minimum atomic E-state index is -3.55. The molecule has 1 aliphatic rings. The van der Waals surface area contributed by atoms with Crippen LogP contribution in [0, 0.1) is 0 Å². The van der Waals surface area contributed by atoms with Crippen LogP contribution < -0.4 is 4.90 Å². The van der Waals surface area contributed by atoms with Crippen molar-refractivity contribution in [2.75, 3.05) is 18.0 Å². The van der Waals surface area contributed by atoms with Crippen molar-refractivity contribution in [3.63, 3.8) is 0 Å². The molecule has 2 aromatic heterocycles. The first-order chi connectivity index (χ1) is 16.0. The zero-order valence-electron chi connectivity index (χ0n) is 17.9. The first kappa shape index (κ1) is 21.8. The summed E-state index contributed by atoms with van der Waals surface area (Å²) in [5.41, 5.74) is 1.20. The van der Waals surface area contributed by atoms with E-state index in [0.717, 1.165) is 29.5 Å². The van der Waals surface area contributed by atoms with Gasteiger partial charge in [0.1, 0.15) is 5.76 Å². The molecule has 5 rings (SSSR count). The lowest BCUT2D eigenvalue weighted by Gasteiger charge is -2.26. The van der Waals surface area contributed by atoms with Gasteiger partial charge in [0.15, 0.2) is 5.13 Å². The highest BCUT2D eigenvalue weighted by Crippen LogP contribution is 2.31. The summed E-state index contributed by atoms with van der Waals surface area (Å²) in [5.74, 6) is 0.360. The van der Waals surface area contributed by atoms with E-state index in [1.807, 2.05) is 30.3 Å². The van der Waals surface area contributed by atoms with E-state index in [-0.39, 0.29) is 17.3 Å². The lowest BCUT2D eigenvalue weighted by Crippen LogP contribution is -2.35. The summed E-state index contributed by atoms with van der Waals surface area (Å²) in [6, 6.07) is 17.5. The van der Waals surface area contributed by atoms with Crippen LogP contribution in [0.3, 0.4) is 0 Å². The molecular weight excluding hydrogens is 458 g/mol. The van der Waals surface area contributed by atoms with Gasteiger partial charge in [0.2, 0.25) is 10.0 Å². The number of amides is 1. The first-order valence-electron chi connectivity index (χ1n) is 10.8. The minimum absolute atomic E-state index is 0.207. The van der Waals surface area contributed by atoms with Crippen molar-refractivity contribution in [3.05, 3.63) is 78.3 Å². The number of thiazole rings is 1. The Hall–Kier alpha value is -3.01. The quantitative estimate of drug-likeness (QED) is 0.391. The SMILES string of the molecule is O=C(c1ccc(S(=O)(=O)N2CCCCC2)cc1)N(Cc1ccco1)c1nc2ccccc2s1. The number of carbonyl (C=O) groups excluding carboxylic acids is 1. The monoisotopic (exact) mass is 481 g/mol. The Bertz CT molecular complexity index is 1320. The largest absolute Gasteiger partial charge is 0.467 e. The summed E-state index contributed by atoms with van der Waals surface area (Å²) in [5, 5.41) is 0.558. The van der Waals surface area contributed by atoms with Crippen LogP contribution in [-0.2, 0) is 16.6 Å². The third-order valence-electron chi connectivity index (χ3n) is 5.71. The van der Waals surface area contributed by atoms with E-state index in [0.29, 0.717) is 29.5 Å². The third-order valence-corrected chi connectivity index (χ3v) is 8.68. The fourth-order valence-electron chi connectivity index (χ4n) is 3.94. The second kappa shape index (κ2) is 9.09. The number of sulfonamides is 1. The summed E-state index contributed by atoms with van der Waals surface area (Å²) in [7, 11) is -3.55. The molecule has 3 heterocycles. The number of furan rings is 1. The third kappa shape index (κ3) is 4.44. The second-order valence-electron chi connectivity index (χ2n) is 7.92. The zero-order chi connectivity index (χ0) is 22.8. The van der Waals surface area contributed by atoms with Gasteiger partial charge in [0.25, 0.3) is 5.91 Å². The maximum atomic E-state index is 13.5. The number of benzene rings is 2. The molecule has 1 aliphatic heterocycles. The number of hydrogen-bond donors (Lipinski definition) is 0. The number of piperidine rings is 1. The van der Waals surface area contributed by atoms with Gasteiger partial charge in [0.05, 0.1) is 27.9 Å². The molecule has 33 heavy (non-hydrogen) atoms. The van der Waals surface area contributed by atoms with Crippen molar-refractivity contribution in [3.8, 4) is 0 Å². The molecule has 2 aromatic carbocycles. The zero-order valence-corrected chi connectivity index (χ0v) is 19.5. The molecule has 4 aromatic rings. The molecule has 9 heteroatoms. The smallest absolute Gasteiger partial charge is 0.260 e. The van der Waals surface area contributed by atoms with E-state index in [1.165, 1.54) is 27.8 Å². The van der Waals surface area contributed by atoms with E-state index >= 15 is 0 Å². The number of nitrogens with zero attached hydrogens (tertiary/aromatic N) is 3. The van der Waals surface area contributed by atoms with Gasteiger partial charge >= 0.3 is 0 Å². The van der Waals surface area contributed by atoms with Gasteiger partial charge in [-0.25, -0.2) is 13.4 Å². The number of anilines is 1. The highest BCUT2D eigenvalue weighted by molar-refractivity contribution is 7.89. The van der Waals surface area contributed by atoms with Crippen molar-refractivity contribution in [1.82, 2.24) is 9.29 Å². The van der Waals surface area contributed by atoms with Gasteiger partial charge < -0.3 is 4.42 Å². The van der Waals surface area contributed by atoms with Gasteiger partial charge in [-0.15, -0.1) is 0 Å². The van der Waals surface area contributed by atoms with Gasteiger partial charge in [-0.1, -0.05) is 29.9 Å². The average molecular weight is 482 g/mol. The van der Waals surface area contributed by atoms with Crippen LogP contribution in [0.4, 0.5) is 5.13 Å². The number of rotatable bonds is 6. The van der Waals surface area contributed by atoms with Crippen molar-refractivity contribution in [2.45, 2.75) is 30.7 Å². The predicted molar refractivity (Wildman–Crippen MR) is 128 cm³/mol. The molecule has 0 bridgehead atoms. The first-order valence-corrected chi connectivity index (χ1v) is 13.1. The van der Waals surface area contributed by atoms with Crippen molar-refractivity contribution >= 4 is 42.6 Å². The molecule has 0 aliphatic carbocycles. The van der Waals surface area contributed by atoms with Crippen molar-refractivity contribution in [1.29, 1.82) is 0 Å². The maximum absolute atomic E-state index is 13.5. The van der Waals surface area contributed by atoms with Gasteiger partial charge in [-0.2, -0.15) is 4.31 Å². The van der Waals surface area contributed by atoms with Gasteiger partial charge in [-0.3, -0.25) is 9.69 Å². The Kier molecular flexibility index (Phi) is 6.01. The van der Waals surface area contributed by atoms with Crippen molar-refractivity contribution in [2.24, 2.45) is 0 Å². The maximum Gasteiger partial charge on any atom is 0.260 e. The number of carbonyl (C=O) groups is 1. The summed E-state index contributed by atoms with van der Waals surface area (Å²) < 4.78 is 33.9. The average Bonchev–Trinajstić information content (AvgIpc) is 3.52. The number of fused-ring (bicyclic) bond motifs is 1. The van der Waals surface area contributed by atoms with E-state index in [4.69, 9.17) is 4.42 Å². The number of para-hydroxylation sites is 1. The highest BCUT2D eigenvalue weighted by Gasteiger charge is 2.27. The van der Waals surface area contributed by atoms with E-state index in [9.17, 15) is 13.2 Å². The molecule has 1 saturated heterocycles. The van der Waals surface area contributed by atoms with Crippen LogP contribution in [0.15, 0.2) is 76.2 Å². The minimum Gasteiger partial charge on any atom is -0.467 e. The van der Waals surface area contributed by atoms with Crippen molar-refractivity contribution < 1.29 is 17.6 Å². The molecule has 7 nitrogen and oxygen atoms in total. The van der Waals surface area contributed by atoms with Crippen LogP contribution in [-0.4, -0.2) is 36.7 Å². The molecule has 0 radical (unpaired) electrons. The highest BCUT2D eigenvalue weighted by atomic mass is 32.2. The molecule has 0 N–H and O–H groups in total. The molecular formula is C24H23N3O4S2. The fraction of sp³-hybridized carbons (Fsp3) is 0.250. The van der Waals surface area contributed by atoms with E-state index in [1.54, 1.807) is 29.4 Å². The normalized spacial score (nSPS) is 15.0. The molecule has 170 valence electrons. The summed E-state index contributed by atoms with van der Waals surface area (Å²) in [6.45, 7) is 1.30. The summed E-state index contributed by atoms with van der Waals surface area (Å²) in [4.78, 5) is 19.9. The standard InChI is InChI=1S/C24H23N3O4S2/c28-23(18-10-12-20(13-11-18)33(29,30)26-14-4-1-5-15-26)27(17-19-7-6-16-31-19)24-25-21-8-2-3-9-22(21)32-24/h2-3,6-13,16H,1,4-5,14-15,17H2. The lowest BCUT2D eigenvalue weighted by molar-refractivity contribution is 0.0983. The fourth-order valence-corrected chi connectivity index (χ4v) is 6.42. The van der Waals surface area contributed by atoms with Gasteiger partial charge in [-0.05, 0) is 61.4 Å². The lowest BCUT2D eigenvalue weighted by atomic mass is 10.2. The molecule has 1 amide bonds. The Labute approximate surface area is 196 Å². The van der Waals surface area contributed by atoms with Crippen LogP contribution in [0.1, 0.15) is 35.4 Å². The predicted octanol–water partition coefficient (Wildman–Crippen LogP) is 4.91. The Morgan fingerprint density at radius 2 is 1.76 bits per heavy atom. The van der Waals surface area contributed by atoms with Crippen LogP contribution in [0.5, 0.6) is 0 Å². The van der Waals surface area contributed by atoms with Crippen LogP contribution in [0.25, 0.3) is 10.2 Å². The topological polar surface area (TPSA) is 83.7 Å². The molecule has 0 spiro atoms. The number of aromatic nitrogens is 1. The Balaban J connectivity index is 1.45. The molecule has 0 saturated carbocycles. The molecule has 0 atom stereocenters. The van der Waals surface area contributed by atoms with E-state index in [2.05, 4.69) is 4.98 Å². The number of hydrogen-bond acceptors (Lipinski definition) is 6. The Morgan fingerprint density at radius 1 is 1.00 bits per heavy atom. The Morgan fingerprint density at radius 3 is 2.45 bits per heavy atom.